The Bertz CT molecular complexity index is 720. The number of hydrogen-bond acceptors (Lipinski definition) is 1. The van der Waals surface area contributed by atoms with Gasteiger partial charge in [0.05, 0.1) is 0 Å². The Morgan fingerprint density at radius 2 is 1.06 bits per heavy atom. The summed E-state index contributed by atoms with van der Waals surface area (Å²) in [5.74, 6) is 0.583. The molecule has 32 heavy (non-hydrogen) atoms. The Hall–Kier alpha value is -0.537. The van der Waals surface area contributed by atoms with Gasteiger partial charge in [0.15, 0.2) is 0 Å². The number of halogens is 2. The van der Waals surface area contributed by atoms with Gasteiger partial charge >= 0.3 is 37.9 Å². The van der Waals surface area contributed by atoms with E-state index in [1.807, 2.05) is 0 Å². The van der Waals surface area contributed by atoms with Crippen LogP contribution in [-0.4, -0.2) is 26.8 Å². The van der Waals surface area contributed by atoms with Gasteiger partial charge in [0, 0.05) is 13.7 Å². The van der Waals surface area contributed by atoms with Crippen molar-refractivity contribution in [2.45, 2.75) is 60.8 Å². The summed E-state index contributed by atoms with van der Waals surface area (Å²) in [4.78, 5) is 0. The van der Waals surface area contributed by atoms with Crippen LogP contribution >= 0.6 is 17.0 Å². The average molecular weight is 557 g/mol. The third kappa shape index (κ3) is 10.6. The van der Waals surface area contributed by atoms with Gasteiger partial charge in [0.25, 0.3) is 0 Å². The number of benzene rings is 2. The zero-order valence-corrected chi connectivity index (χ0v) is 24.7. The SMILES string of the molecule is COCCC(CC[N-]c1c(C)cc(C)cc1C)CC[N-]c1c(C)cc(C)cc1C.[Cl][Zr+2][Cl]. The van der Waals surface area contributed by atoms with Crippen molar-refractivity contribution in [1.29, 1.82) is 0 Å². The van der Waals surface area contributed by atoms with Gasteiger partial charge in [-0.25, -0.2) is 0 Å². The molecule has 176 valence electrons. The van der Waals surface area contributed by atoms with Gasteiger partial charge in [-0.05, 0) is 53.9 Å². The Balaban J connectivity index is 0.00000161. The second-order valence-corrected chi connectivity index (χ2v) is 12.3. The van der Waals surface area contributed by atoms with Crippen molar-refractivity contribution in [1.82, 2.24) is 0 Å². The van der Waals surface area contributed by atoms with Gasteiger partial charge in [0.1, 0.15) is 0 Å². The van der Waals surface area contributed by atoms with Crippen LogP contribution in [0.4, 0.5) is 11.4 Å². The van der Waals surface area contributed by atoms with Crippen LogP contribution in [0.15, 0.2) is 24.3 Å². The van der Waals surface area contributed by atoms with Crippen molar-refractivity contribution in [3.8, 4) is 0 Å². The normalized spacial score (nSPS) is 10.4. The molecule has 0 saturated heterocycles. The molecule has 2 aromatic carbocycles. The topological polar surface area (TPSA) is 37.4 Å². The molecule has 0 spiro atoms. The molecule has 2 aromatic rings. The number of methoxy groups -OCH3 is 1. The third-order valence-electron chi connectivity index (χ3n) is 5.62. The molecule has 0 aromatic heterocycles. The molecule has 3 nitrogen and oxygen atoms in total. The van der Waals surface area contributed by atoms with Crippen molar-refractivity contribution >= 4 is 28.4 Å². The Morgan fingerprint density at radius 1 is 0.719 bits per heavy atom. The number of hydrogen-bond donors (Lipinski definition) is 0. The van der Waals surface area contributed by atoms with Crippen molar-refractivity contribution in [3.05, 3.63) is 68.3 Å². The number of rotatable bonds is 11. The zero-order valence-electron chi connectivity index (χ0n) is 20.7. The molecule has 0 aliphatic rings. The van der Waals surface area contributed by atoms with Gasteiger partial charge < -0.3 is 15.4 Å². The summed E-state index contributed by atoms with van der Waals surface area (Å²) in [5.41, 5.74) is 10.0. The third-order valence-corrected chi connectivity index (χ3v) is 5.62. The van der Waals surface area contributed by atoms with E-state index in [2.05, 4.69) is 65.8 Å². The molecule has 0 unspecified atom stereocenters. The maximum atomic E-state index is 5.34. The molecule has 6 heteroatoms. The van der Waals surface area contributed by atoms with Gasteiger partial charge in [0.2, 0.25) is 0 Å². The summed E-state index contributed by atoms with van der Waals surface area (Å²) in [6, 6.07) is 8.89. The maximum absolute atomic E-state index is 5.34. The van der Waals surface area contributed by atoms with Gasteiger partial charge in [-0.15, -0.1) is 24.5 Å². The van der Waals surface area contributed by atoms with Gasteiger partial charge in [-0.2, -0.15) is 0 Å². The monoisotopic (exact) mass is 554 g/mol. The predicted octanol–water partition coefficient (Wildman–Crippen LogP) is 9.06. The molecule has 0 radical (unpaired) electrons. The van der Waals surface area contributed by atoms with Crippen molar-refractivity contribution in [3.63, 3.8) is 0 Å². The fourth-order valence-electron chi connectivity index (χ4n) is 4.28. The summed E-state index contributed by atoms with van der Waals surface area (Å²) in [6.07, 6.45) is 3.23. The number of aryl methyl sites for hydroxylation is 6. The molecular formula is C26H38Cl2N2OZr. The van der Waals surface area contributed by atoms with E-state index in [0.29, 0.717) is 5.92 Å². The molecule has 0 bridgehead atoms. The van der Waals surface area contributed by atoms with Gasteiger partial charge in [-0.3, -0.25) is 0 Å². The van der Waals surface area contributed by atoms with E-state index in [9.17, 15) is 0 Å². The van der Waals surface area contributed by atoms with E-state index in [0.717, 1.165) is 50.3 Å². The van der Waals surface area contributed by atoms with E-state index in [-0.39, 0.29) is 0 Å². The summed E-state index contributed by atoms with van der Waals surface area (Å²) >= 11 is -0.826. The molecular weight excluding hydrogens is 518 g/mol. The van der Waals surface area contributed by atoms with Crippen LogP contribution in [0.1, 0.15) is 52.6 Å². The Kier molecular flexibility index (Phi) is 14.9. The standard InChI is InChI=1S/C26H38N2O.2ClH.Zr/c1-18-14-20(3)25(21(4)15-18)27-11-8-24(10-13-29-7)9-12-28-26-22(5)16-19(2)17-23(26)6;;;/h14-17,24H,8-13H2,1-7H3;2*1H;/q-2;;;+4/p-2. The van der Waals surface area contributed by atoms with E-state index < -0.39 is 20.8 Å². The van der Waals surface area contributed by atoms with Crippen molar-refractivity contribution in [2.24, 2.45) is 5.92 Å². The second-order valence-electron chi connectivity index (χ2n) is 8.55. The second kappa shape index (κ2) is 16.2. The summed E-state index contributed by atoms with van der Waals surface area (Å²) < 4.78 is 5.34. The summed E-state index contributed by atoms with van der Waals surface area (Å²) in [7, 11) is 11.6. The van der Waals surface area contributed by atoms with E-state index >= 15 is 0 Å². The summed E-state index contributed by atoms with van der Waals surface area (Å²) in [6.45, 7) is 15.5. The predicted molar refractivity (Wildman–Crippen MR) is 138 cm³/mol. The Labute approximate surface area is 214 Å². The molecule has 0 N–H and O–H groups in total. The van der Waals surface area contributed by atoms with Crippen LogP contribution in [0.25, 0.3) is 10.6 Å². The van der Waals surface area contributed by atoms with Crippen molar-refractivity contribution < 1.29 is 25.6 Å². The van der Waals surface area contributed by atoms with Crippen LogP contribution < -0.4 is 0 Å². The first-order valence-electron chi connectivity index (χ1n) is 11.2. The molecule has 0 amide bonds. The van der Waals surface area contributed by atoms with Crippen LogP contribution in [-0.2, 0) is 25.6 Å². The van der Waals surface area contributed by atoms with E-state index in [4.69, 9.17) is 32.4 Å². The van der Waals surface area contributed by atoms with Crippen molar-refractivity contribution in [2.75, 3.05) is 26.8 Å². The zero-order chi connectivity index (χ0) is 24.1. The molecule has 2 rings (SSSR count). The molecule has 0 aliphatic carbocycles. The molecule has 0 aliphatic heterocycles. The fraction of sp³-hybridized carbons (Fsp3) is 0.538. The molecule has 0 atom stereocenters. The first-order chi connectivity index (χ1) is 15.2. The molecule has 0 fully saturated rings. The van der Waals surface area contributed by atoms with Crippen LogP contribution in [0, 0.1) is 47.5 Å². The van der Waals surface area contributed by atoms with E-state index in [1.165, 1.54) is 33.4 Å². The average Bonchev–Trinajstić information content (AvgIpc) is 2.69. The van der Waals surface area contributed by atoms with Gasteiger partial charge in [-0.1, -0.05) is 70.5 Å². The number of nitrogens with zero attached hydrogens (tertiary/aromatic N) is 2. The fourth-order valence-corrected chi connectivity index (χ4v) is 4.28. The molecule has 0 heterocycles. The molecule has 0 saturated carbocycles. The quantitative estimate of drug-likeness (QED) is 0.272. The Morgan fingerprint density at radius 3 is 1.38 bits per heavy atom. The van der Waals surface area contributed by atoms with Crippen LogP contribution in [0.5, 0.6) is 0 Å². The minimum absolute atomic E-state index is 0.583. The minimum atomic E-state index is -0.826. The first-order valence-corrected chi connectivity index (χ1v) is 17.5. The van der Waals surface area contributed by atoms with Crippen LogP contribution in [0.2, 0.25) is 0 Å². The first kappa shape index (κ1) is 29.5. The number of ether oxygens (including phenoxy) is 1. The summed E-state index contributed by atoms with van der Waals surface area (Å²) in [5, 5.41) is 9.85. The van der Waals surface area contributed by atoms with Crippen LogP contribution in [0.3, 0.4) is 0 Å². The van der Waals surface area contributed by atoms with E-state index in [1.54, 1.807) is 7.11 Å².